The van der Waals surface area contributed by atoms with Crippen LogP contribution in [0.5, 0.6) is 23.0 Å². The minimum Gasteiger partial charge on any atom is -0.491 e. The zero-order valence-corrected chi connectivity index (χ0v) is 27.3. The van der Waals surface area contributed by atoms with Gasteiger partial charge < -0.3 is 43.2 Å². The molecule has 9 nitrogen and oxygen atoms in total. The number of ether oxygens (including phenoxy) is 8. The number of hydrogen-bond donors (Lipinski definition) is 1. The third-order valence-electron chi connectivity index (χ3n) is 6.16. The van der Waals surface area contributed by atoms with Crippen LogP contribution in [0.15, 0.2) is 72.8 Å². The van der Waals surface area contributed by atoms with Crippen LogP contribution in [0.2, 0.25) is 0 Å². The van der Waals surface area contributed by atoms with Crippen molar-refractivity contribution in [2.45, 2.75) is 13.1 Å². The number of fused-ring (bicyclic) bond motifs is 2. The Morgan fingerprint density at radius 1 is 0.396 bits per heavy atom. The molecular formula is C32H42F6NO8P. The van der Waals surface area contributed by atoms with E-state index in [0.717, 1.165) is 24.6 Å². The molecule has 0 spiro atoms. The van der Waals surface area contributed by atoms with Crippen LogP contribution < -0.4 is 24.3 Å². The van der Waals surface area contributed by atoms with Gasteiger partial charge in [-0.3, -0.25) is 0 Å². The van der Waals surface area contributed by atoms with E-state index in [1.807, 2.05) is 48.5 Å². The van der Waals surface area contributed by atoms with Gasteiger partial charge in [-0.25, -0.2) is 0 Å². The Hall–Kier alpha value is -3.33. The molecule has 270 valence electrons. The van der Waals surface area contributed by atoms with Crippen molar-refractivity contribution in [3.63, 3.8) is 0 Å². The van der Waals surface area contributed by atoms with Crippen molar-refractivity contribution in [1.82, 2.24) is 0 Å². The largest absolute Gasteiger partial charge is 0.491 e. The van der Waals surface area contributed by atoms with Crippen molar-refractivity contribution < 1.29 is 68.4 Å². The summed E-state index contributed by atoms with van der Waals surface area (Å²) in [5.41, 5.74) is 2.50. The maximum atomic E-state index is 9.87. The van der Waals surface area contributed by atoms with Gasteiger partial charge in [0.15, 0.2) is 11.5 Å². The molecule has 0 unspecified atom stereocenters. The number of nitrogens with two attached hydrogens (primary N) is 1. The fourth-order valence-corrected chi connectivity index (χ4v) is 4.04. The van der Waals surface area contributed by atoms with Gasteiger partial charge in [-0.1, -0.05) is 12.1 Å². The van der Waals surface area contributed by atoms with Crippen molar-refractivity contribution in [2.75, 3.05) is 79.3 Å². The first kappa shape index (κ1) is 39.1. The second kappa shape index (κ2) is 19.0. The van der Waals surface area contributed by atoms with E-state index in [4.69, 9.17) is 37.9 Å². The van der Waals surface area contributed by atoms with Gasteiger partial charge in [0, 0.05) is 11.1 Å². The van der Waals surface area contributed by atoms with Gasteiger partial charge in [0.1, 0.15) is 51.0 Å². The predicted octanol–water partition coefficient (Wildman–Crippen LogP) is 6.63. The van der Waals surface area contributed by atoms with Crippen LogP contribution in [0, 0.1) is 0 Å². The topological polar surface area (TPSA) is 90.5 Å². The molecule has 48 heavy (non-hydrogen) atoms. The summed E-state index contributed by atoms with van der Waals surface area (Å²) >= 11 is 0. The first-order valence-electron chi connectivity index (χ1n) is 15.3. The molecule has 3 aliphatic heterocycles. The minimum absolute atomic E-state index is 0.417. The third kappa shape index (κ3) is 20.8. The van der Waals surface area contributed by atoms with Gasteiger partial charge in [-0.2, -0.15) is 0 Å². The molecular weight excluding hydrogens is 671 g/mol. The molecule has 0 aromatic heterocycles. The van der Waals surface area contributed by atoms with Gasteiger partial charge >= 0.3 is 33.0 Å². The second-order valence-electron chi connectivity index (χ2n) is 10.2. The summed E-state index contributed by atoms with van der Waals surface area (Å²) in [6.45, 7) is 7.50. The van der Waals surface area contributed by atoms with Gasteiger partial charge in [0.05, 0.1) is 52.9 Å². The predicted molar refractivity (Wildman–Crippen MR) is 167 cm³/mol. The number of para-hydroxylation sites is 2. The third-order valence-corrected chi connectivity index (χ3v) is 6.16. The maximum Gasteiger partial charge on any atom is 0.161 e. The quantitative estimate of drug-likeness (QED) is 0.205. The van der Waals surface area contributed by atoms with Crippen LogP contribution in [-0.4, -0.2) is 79.3 Å². The van der Waals surface area contributed by atoms with Crippen LogP contribution >= 0.6 is 7.81 Å². The molecule has 0 saturated carbocycles. The van der Waals surface area contributed by atoms with Gasteiger partial charge in [-0.15, -0.1) is 0 Å². The normalized spacial score (nSPS) is 18.5. The summed E-state index contributed by atoms with van der Waals surface area (Å²) in [6, 6.07) is 24.0. The maximum absolute atomic E-state index is 10.7. The Labute approximate surface area is 275 Å². The molecule has 0 radical (unpaired) electrons. The van der Waals surface area contributed by atoms with Crippen molar-refractivity contribution >= 4 is 7.81 Å². The van der Waals surface area contributed by atoms with E-state index in [9.17, 15) is 25.2 Å². The van der Waals surface area contributed by atoms with Crippen molar-refractivity contribution in [1.29, 1.82) is 0 Å². The van der Waals surface area contributed by atoms with Crippen LogP contribution in [0.1, 0.15) is 11.1 Å². The smallest absolute Gasteiger partial charge is 0.161 e. The van der Waals surface area contributed by atoms with Gasteiger partial charge in [-0.05, 0) is 60.7 Å². The number of benzene rings is 3. The van der Waals surface area contributed by atoms with Gasteiger partial charge in [0.2, 0.25) is 0 Å². The summed E-state index contributed by atoms with van der Waals surface area (Å²) in [5, 5.41) is 2.28. The monoisotopic (exact) mass is 713 g/mol. The molecule has 2 N–H and O–H groups in total. The first-order valence-corrected chi connectivity index (χ1v) is 17.3. The Morgan fingerprint density at radius 2 is 0.688 bits per heavy atom. The van der Waals surface area contributed by atoms with Gasteiger partial charge in [0.25, 0.3) is 0 Å². The molecule has 6 rings (SSSR count). The van der Waals surface area contributed by atoms with Crippen molar-refractivity contribution in [2.24, 2.45) is 0 Å². The molecule has 3 aliphatic rings. The standard InChI is InChI=1S/C32H41NO8.F6P/c1-2-4-32-31(3-1)40-23-19-36-15-13-34-17-21-38-29-9-5-27(6-10-29)25-33-26-28-7-11-30(12-8-28)39-22-18-35-14-16-37-20-24-41-32;1-7(2,3,4,5)6/h1-12,33H,13-26H2;/q;-1/p+1. The van der Waals surface area contributed by atoms with Crippen LogP contribution in [0.4, 0.5) is 25.2 Å². The molecule has 0 saturated heterocycles. The molecule has 0 atom stereocenters. The second-order valence-corrected chi connectivity index (χ2v) is 12.1. The fraction of sp³-hybridized carbons (Fsp3) is 0.438. The van der Waals surface area contributed by atoms with Crippen molar-refractivity contribution in [3.05, 3.63) is 83.9 Å². The minimum atomic E-state index is -10.7. The molecule has 3 aromatic carbocycles. The average molecular weight is 714 g/mol. The van der Waals surface area contributed by atoms with E-state index in [2.05, 4.69) is 29.6 Å². The Kier molecular flexibility index (Phi) is 15.5. The molecule has 0 aliphatic carbocycles. The number of rotatable bonds is 0. The number of hydrogen-bond acceptors (Lipinski definition) is 8. The van der Waals surface area contributed by atoms with Crippen LogP contribution in [-0.2, 0) is 32.0 Å². The summed E-state index contributed by atoms with van der Waals surface area (Å²) in [4.78, 5) is 0. The molecule has 16 heteroatoms. The Bertz CT molecular complexity index is 1220. The van der Waals surface area contributed by atoms with E-state index in [-0.39, 0.29) is 0 Å². The summed E-state index contributed by atoms with van der Waals surface area (Å²) in [6.07, 6.45) is 0. The molecule has 0 fully saturated rings. The van der Waals surface area contributed by atoms with Crippen LogP contribution in [0.25, 0.3) is 0 Å². The van der Waals surface area contributed by atoms with E-state index in [0.29, 0.717) is 90.8 Å². The van der Waals surface area contributed by atoms with E-state index >= 15 is 0 Å². The summed E-state index contributed by atoms with van der Waals surface area (Å²) < 4.78 is 105. The Balaban J connectivity index is 0.000000804. The molecule has 3 heterocycles. The van der Waals surface area contributed by atoms with E-state index < -0.39 is 7.81 Å². The zero-order valence-electron chi connectivity index (χ0n) is 26.4. The SMILES string of the molecule is F[P-](F)(F)(F)(F)F.c1ccc2c(c1)OCCOCCOCCOc1ccc(cc1)C[NH2+]Cc1ccc(cc1)OCCOCCOCCO2. The Morgan fingerprint density at radius 3 is 1.02 bits per heavy atom. The number of quaternary nitrogens is 1. The van der Waals surface area contributed by atoms with E-state index in [1.54, 1.807) is 0 Å². The van der Waals surface area contributed by atoms with E-state index in [1.165, 1.54) is 11.1 Å². The fourth-order valence-electron chi connectivity index (χ4n) is 4.04. The zero-order chi connectivity index (χ0) is 34.6. The van der Waals surface area contributed by atoms with Crippen LogP contribution in [0.3, 0.4) is 0 Å². The number of halogens is 6. The average Bonchev–Trinajstić information content (AvgIpc) is 3.03. The molecule has 0 amide bonds. The molecule has 3 aromatic rings. The van der Waals surface area contributed by atoms with Crippen molar-refractivity contribution in [3.8, 4) is 23.0 Å². The molecule has 4 bridgehead atoms. The summed E-state index contributed by atoms with van der Waals surface area (Å²) in [5.74, 6) is 3.03. The summed E-state index contributed by atoms with van der Waals surface area (Å²) in [7, 11) is -10.7. The first-order chi connectivity index (χ1) is 22.8.